The molecule has 2 aliphatic rings. The first-order chi connectivity index (χ1) is 14.7. The molecule has 6 heterocycles. The predicted octanol–water partition coefficient (Wildman–Crippen LogP) is 4.66. The summed E-state index contributed by atoms with van der Waals surface area (Å²) in [5, 5.41) is 2.13. The van der Waals surface area contributed by atoms with Crippen LogP contribution in [0.4, 0.5) is 0 Å². The molecule has 0 fully saturated rings. The molecular formula is C24H19GaN4S. The summed E-state index contributed by atoms with van der Waals surface area (Å²) >= 11 is 2.77. The normalized spacial score (nSPS) is 11.9. The van der Waals surface area contributed by atoms with E-state index in [2.05, 4.69) is 61.7 Å². The summed E-state index contributed by atoms with van der Waals surface area (Å²) in [6, 6.07) is 20.6. The molecule has 4 aromatic rings. The Morgan fingerprint density at radius 1 is 0.600 bits per heavy atom. The van der Waals surface area contributed by atoms with Gasteiger partial charge in [-0.2, -0.15) is 0 Å². The number of nitrogens with zero attached hydrogens (tertiary/aromatic N) is 2. The van der Waals surface area contributed by atoms with Gasteiger partial charge in [-0.3, -0.25) is 0 Å². The van der Waals surface area contributed by atoms with E-state index in [1.165, 1.54) is 0 Å². The van der Waals surface area contributed by atoms with Crippen LogP contribution < -0.4 is 3.43 Å². The molecular weight excluding hydrogens is 446 g/mol. The summed E-state index contributed by atoms with van der Waals surface area (Å²) in [7, 11) is 0. The van der Waals surface area contributed by atoms with Gasteiger partial charge in [0, 0.05) is 22.1 Å². The van der Waals surface area contributed by atoms with Crippen molar-refractivity contribution < 1.29 is 0 Å². The average molecular weight is 465 g/mol. The Morgan fingerprint density at radius 2 is 1.00 bits per heavy atom. The second kappa shape index (κ2) is 8.35. The van der Waals surface area contributed by atoms with E-state index in [0.29, 0.717) is 0 Å². The first kappa shape index (κ1) is 18.9. The molecule has 6 rings (SSSR count). The molecule has 0 unspecified atom stereocenters. The van der Waals surface area contributed by atoms with Crippen LogP contribution in [0.15, 0.2) is 66.0 Å². The van der Waals surface area contributed by atoms with Gasteiger partial charge in [-0.25, -0.2) is 9.97 Å². The third-order valence-corrected chi connectivity index (χ3v) is 7.69. The van der Waals surface area contributed by atoms with Crippen molar-refractivity contribution in [3.05, 3.63) is 88.8 Å². The van der Waals surface area contributed by atoms with Gasteiger partial charge in [0.15, 0.2) is 0 Å². The molecule has 0 aliphatic carbocycles. The molecule has 144 valence electrons. The third-order valence-electron chi connectivity index (χ3n) is 4.71. The van der Waals surface area contributed by atoms with Crippen molar-refractivity contribution in [2.75, 3.05) is 0 Å². The maximum absolute atomic E-state index is 4.63. The van der Waals surface area contributed by atoms with Crippen LogP contribution in [0.2, 0.25) is 0 Å². The number of aromatic nitrogens is 4. The minimum absolute atomic E-state index is 0.904. The number of hydrogen-bond donors (Lipinski definition) is 2. The first-order valence-electron chi connectivity index (χ1n) is 9.74. The maximum atomic E-state index is 4.63. The van der Waals surface area contributed by atoms with Gasteiger partial charge in [0.05, 0.1) is 22.8 Å². The van der Waals surface area contributed by atoms with Crippen molar-refractivity contribution in [1.82, 2.24) is 19.9 Å². The fraction of sp³-hybridized carbons (Fsp3) is 0. The SMILES string of the molecule is C1=Cc2cc3ccc(cc4nc(cc5ccc(cc1n2)[nH]5)C=C4)[nH]3.[GaH2][c]1cccs1. The van der Waals surface area contributed by atoms with Gasteiger partial charge in [-0.15, -0.1) is 0 Å². The zero-order valence-corrected chi connectivity index (χ0v) is 21.5. The molecule has 0 aromatic carbocycles. The second-order valence-electron chi connectivity index (χ2n) is 7.13. The molecule has 0 saturated heterocycles. The summed E-state index contributed by atoms with van der Waals surface area (Å²) in [5.74, 6) is 0. The number of nitrogens with one attached hydrogen (secondary N) is 2. The second-order valence-corrected chi connectivity index (χ2v) is 12.1. The predicted molar refractivity (Wildman–Crippen MR) is 131 cm³/mol. The van der Waals surface area contributed by atoms with Crippen LogP contribution in [0.3, 0.4) is 0 Å². The minimum atomic E-state index is 0.904. The van der Waals surface area contributed by atoms with E-state index in [1.807, 2.05) is 59.9 Å². The van der Waals surface area contributed by atoms with E-state index in [1.54, 1.807) is 3.43 Å². The number of H-pyrrole nitrogens is 2. The Balaban J connectivity index is 0.000000279. The zero-order valence-electron chi connectivity index (χ0n) is 16.5. The Morgan fingerprint density at radius 3 is 1.27 bits per heavy atom. The van der Waals surface area contributed by atoms with Crippen LogP contribution in [0, 0.1) is 0 Å². The van der Waals surface area contributed by atoms with Crippen LogP contribution in [0.1, 0.15) is 22.8 Å². The van der Waals surface area contributed by atoms with Crippen LogP contribution in [-0.4, -0.2) is 38.5 Å². The number of rotatable bonds is 0. The van der Waals surface area contributed by atoms with Gasteiger partial charge >= 0.3 is 50.9 Å². The molecule has 0 radical (unpaired) electrons. The summed E-state index contributed by atoms with van der Waals surface area (Å²) < 4.78 is 1.57. The quantitative estimate of drug-likeness (QED) is 0.321. The molecule has 6 heteroatoms. The topological polar surface area (TPSA) is 57.4 Å². The van der Waals surface area contributed by atoms with Crippen molar-refractivity contribution in [3.8, 4) is 0 Å². The van der Waals surface area contributed by atoms with Gasteiger partial charge in [0.2, 0.25) is 0 Å². The zero-order chi connectivity index (χ0) is 20.3. The molecule has 0 saturated carbocycles. The Kier molecular flexibility index (Phi) is 5.27. The molecule has 0 amide bonds. The van der Waals surface area contributed by atoms with Gasteiger partial charge in [-0.05, 0) is 72.8 Å². The molecule has 2 N–H and O–H groups in total. The fourth-order valence-corrected chi connectivity index (χ4v) is 5.09. The van der Waals surface area contributed by atoms with E-state index in [0.717, 1.165) is 63.4 Å². The molecule has 8 bridgehead atoms. The summed E-state index contributed by atoms with van der Waals surface area (Å²) in [6.45, 7) is 0. The number of thiophene rings is 1. The Labute approximate surface area is 188 Å². The molecule has 30 heavy (non-hydrogen) atoms. The van der Waals surface area contributed by atoms with E-state index in [4.69, 9.17) is 0 Å². The standard InChI is InChI=1S/C20H14N4.C4H3S.Ga.2H/c1-2-14-10-16-5-6-18(23-16)12-20-8-7-19(24-20)11-17-4-3-15(22-17)9-13(1)21-14;1-2-4-5-3-1;;;/h1-12,21,24H;1-3H;;;. The van der Waals surface area contributed by atoms with E-state index < -0.39 is 0 Å². The molecule has 2 aliphatic heterocycles. The molecule has 0 spiro atoms. The van der Waals surface area contributed by atoms with Gasteiger partial charge in [0.25, 0.3) is 0 Å². The number of fused-ring (bicyclic) bond motifs is 8. The van der Waals surface area contributed by atoms with Crippen molar-refractivity contribution in [1.29, 1.82) is 0 Å². The van der Waals surface area contributed by atoms with Crippen LogP contribution >= 0.6 is 11.3 Å². The first-order valence-corrected chi connectivity index (χ1v) is 12.7. The number of hydrogen-bond acceptors (Lipinski definition) is 3. The Bertz CT molecular complexity index is 1230. The van der Waals surface area contributed by atoms with E-state index >= 15 is 0 Å². The van der Waals surface area contributed by atoms with Gasteiger partial charge in [-0.1, -0.05) is 0 Å². The van der Waals surface area contributed by atoms with Crippen LogP contribution in [0.5, 0.6) is 0 Å². The molecule has 4 nitrogen and oxygen atoms in total. The average Bonchev–Trinajstić information content (AvgIpc) is 3.52. The Hall–Kier alpha value is -3.06. The van der Waals surface area contributed by atoms with E-state index in [9.17, 15) is 0 Å². The van der Waals surface area contributed by atoms with Crippen molar-refractivity contribution >= 4 is 79.7 Å². The summed E-state index contributed by atoms with van der Waals surface area (Å²) in [4.78, 5) is 16.0. The van der Waals surface area contributed by atoms with Crippen LogP contribution in [0.25, 0.3) is 46.4 Å². The third kappa shape index (κ3) is 4.57. The van der Waals surface area contributed by atoms with Gasteiger partial charge < -0.3 is 9.97 Å². The van der Waals surface area contributed by atoms with Crippen molar-refractivity contribution in [2.45, 2.75) is 0 Å². The monoisotopic (exact) mass is 464 g/mol. The fourth-order valence-electron chi connectivity index (χ4n) is 3.30. The van der Waals surface area contributed by atoms with Crippen molar-refractivity contribution in [2.24, 2.45) is 0 Å². The summed E-state index contributed by atoms with van der Waals surface area (Å²) in [5.41, 5.74) is 7.86. The van der Waals surface area contributed by atoms with Crippen LogP contribution in [-0.2, 0) is 0 Å². The van der Waals surface area contributed by atoms with Crippen molar-refractivity contribution in [3.63, 3.8) is 0 Å². The summed E-state index contributed by atoms with van der Waals surface area (Å²) in [6.07, 6.45) is 8.09. The van der Waals surface area contributed by atoms with Gasteiger partial charge in [0.1, 0.15) is 0 Å². The molecule has 4 aromatic heterocycles. The number of aromatic amines is 2. The molecule has 0 atom stereocenters. The van der Waals surface area contributed by atoms with E-state index in [-0.39, 0.29) is 0 Å².